The van der Waals surface area contributed by atoms with Crippen LogP contribution in [-0.2, 0) is 0 Å². The summed E-state index contributed by atoms with van der Waals surface area (Å²) in [6.07, 6.45) is 4.84. The number of H-pyrrole nitrogens is 1. The van der Waals surface area contributed by atoms with Crippen LogP contribution in [-0.4, -0.2) is 38.9 Å². The Kier molecular flexibility index (Phi) is 4.01. The second-order valence-electron chi connectivity index (χ2n) is 4.80. The molecule has 0 unspecified atom stereocenters. The van der Waals surface area contributed by atoms with Crippen molar-refractivity contribution in [3.05, 3.63) is 39.5 Å². The molecular weight excluding hydrogens is 308 g/mol. The van der Waals surface area contributed by atoms with Gasteiger partial charge in [0.1, 0.15) is 0 Å². The molecule has 9 heteroatoms. The Morgan fingerprint density at radius 2 is 2.09 bits per heavy atom. The lowest BCUT2D eigenvalue weighted by Gasteiger charge is -2.15. The molecule has 0 spiro atoms. The normalized spacial score (nSPS) is 14.1. The molecule has 114 valence electrons. The summed E-state index contributed by atoms with van der Waals surface area (Å²) in [5, 5.41) is 2.60. The summed E-state index contributed by atoms with van der Waals surface area (Å²) in [5.41, 5.74) is -0.318. The van der Waals surface area contributed by atoms with Crippen molar-refractivity contribution in [3.63, 3.8) is 0 Å². The van der Waals surface area contributed by atoms with E-state index in [1.165, 1.54) is 18.5 Å². The van der Waals surface area contributed by atoms with Crippen LogP contribution in [0.1, 0.15) is 23.3 Å². The van der Waals surface area contributed by atoms with E-state index in [1.807, 2.05) is 4.90 Å². The van der Waals surface area contributed by atoms with Gasteiger partial charge in [-0.1, -0.05) is 11.6 Å². The fourth-order valence-corrected chi connectivity index (χ4v) is 2.36. The van der Waals surface area contributed by atoms with E-state index < -0.39 is 5.91 Å². The number of hydrogen-bond acceptors (Lipinski definition) is 6. The Bertz CT molecular complexity index is 756. The molecular formula is C13H13ClN6O2. The third-order valence-electron chi connectivity index (χ3n) is 3.24. The molecule has 0 radical (unpaired) electrons. The van der Waals surface area contributed by atoms with Crippen molar-refractivity contribution in [1.29, 1.82) is 0 Å². The second-order valence-corrected chi connectivity index (χ2v) is 5.20. The fourth-order valence-electron chi connectivity index (χ4n) is 2.19. The molecule has 22 heavy (non-hydrogen) atoms. The molecule has 1 amide bonds. The van der Waals surface area contributed by atoms with Gasteiger partial charge in [-0.05, 0) is 12.8 Å². The van der Waals surface area contributed by atoms with E-state index in [9.17, 15) is 9.59 Å². The summed E-state index contributed by atoms with van der Waals surface area (Å²) in [7, 11) is 0. The zero-order valence-corrected chi connectivity index (χ0v) is 12.3. The van der Waals surface area contributed by atoms with Crippen LogP contribution < -0.4 is 15.8 Å². The van der Waals surface area contributed by atoms with E-state index in [1.54, 1.807) is 0 Å². The molecule has 1 saturated heterocycles. The number of nitrogens with zero attached hydrogens (tertiary/aromatic N) is 4. The predicted octanol–water partition coefficient (Wildman–Crippen LogP) is 1.07. The largest absolute Gasteiger partial charge is 0.341 e. The lowest BCUT2D eigenvalue weighted by Crippen LogP contribution is -2.23. The van der Waals surface area contributed by atoms with Gasteiger partial charge in [-0.15, -0.1) is 0 Å². The van der Waals surface area contributed by atoms with Gasteiger partial charge in [0.05, 0.1) is 11.2 Å². The van der Waals surface area contributed by atoms with E-state index >= 15 is 0 Å². The minimum absolute atomic E-state index is 0.0369. The summed E-state index contributed by atoms with van der Waals surface area (Å²) in [6.45, 7) is 1.71. The fraction of sp³-hybridized carbons (Fsp3) is 0.308. The van der Waals surface area contributed by atoms with Crippen LogP contribution in [0.15, 0.2) is 23.3 Å². The Balaban J connectivity index is 1.85. The van der Waals surface area contributed by atoms with Crippen molar-refractivity contribution < 1.29 is 4.79 Å². The van der Waals surface area contributed by atoms with Crippen molar-refractivity contribution in [3.8, 4) is 0 Å². The van der Waals surface area contributed by atoms with Gasteiger partial charge >= 0.3 is 0 Å². The van der Waals surface area contributed by atoms with Crippen molar-refractivity contribution >= 4 is 29.4 Å². The van der Waals surface area contributed by atoms with Gasteiger partial charge in [-0.3, -0.25) is 19.9 Å². The minimum Gasteiger partial charge on any atom is -0.341 e. The van der Waals surface area contributed by atoms with E-state index in [0.29, 0.717) is 5.95 Å². The van der Waals surface area contributed by atoms with Crippen molar-refractivity contribution in [2.45, 2.75) is 12.8 Å². The Morgan fingerprint density at radius 1 is 1.32 bits per heavy atom. The molecule has 0 aliphatic carbocycles. The van der Waals surface area contributed by atoms with Gasteiger partial charge in [0.2, 0.25) is 11.9 Å². The van der Waals surface area contributed by atoms with Gasteiger partial charge in [-0.2, -0.15) is 0 Å². The number of nitrogens with one attached hydrogen (secondary N) is 2. The summed E-state index contributed by atoms with van der Waals surface area (Å²) in [4.78, 5) is 40.1. The van der Waals surface area contributed by atoms with Crippen molar-refractivity contribution in [2.75, 3.05) is 23.3 Å². The molecule has 2 aromatic heterocycles. The molecule has 0 atom stereocenters. The lowest BCUT2D eigenvalue weighted by molar-refractivity contribution is 0.102. The number of anilines is 2. The number of aromatic amines is 1. The molecule has 1 fully saturated rings. The molecule has 0 bridgehead atoms. The standard InChI is InChI=1S/C13H13ClN6O2/c14-8-7-16-13(20-5-1-2-6-20)18-10(8)11(22)19-12-15-4-3-9(21)17-12/h3-4,7H,1-2,5-6H2,(H2,15,17,19,21,22). The summed E-state index contributed by atoms with van der Waals surface area (Å²) in [5.74, 6) is -0.0429. The molecule has 2 N–H and O–H groups in total. The summed E-state index contributed by atoms with van der Waals surface area (Å²) in [6, 6.07) is 1.25. The average molecular weight is 321 g/mol. The molecule has 8 nitrogen and oxygen atoms in total. The van der Waals surface area contributed by atoms with Crippen LogP contribution in [0.25, 0.3) is 0 Å². The highest BCUT2D eigenvalue weighted by molar-refractivity contribution is 6.33. The van der Waals surface area contributed by atoms with Gasteiger partial charge in [0.25, 0.3) is 11.5 Å². The highest BCUT2D eigenvalue weighted by Gasteiger charge is 2.20. The number of amides is 1. The topological polar surface area (TPSA) is 104 Å². The number of halogens is 1. The predicted molar refractivity (Wildman–Crippen MR) is 81.3 cm³/mol. The minimum atomic E-state index is -0.554. The van der Waals surface area contributed by atoms with E-state index in [0.717, 1.165) is 25.9 Å². The summed E-state index contributed by atoms with van der Waals surface area (Å²) < 4.78 is 0. The molecule has 3 rings (SSSR count). The third kappa shape index (κ3) is 3.06. The Hall–Kier alpha value is -2.48. The molecule has 1 aliphatic heterocycles. The van der Waals surface area contributed by atoms with E-state index in [2.05, 4.69) is 25.3 Å². The summed E-state index contributed by atoms with van der Waals surface area (Å²) >= 11 is 6.00. The third-order valence-corrected chi connectivity index (χ3v) is 3.52. The zero-order valence-electron chi connectivity index (χ0n) is 11.5. The van der Waals surface area contributed by atoms with Gasteiger partial charge in [-0.25, -0.2) is 15.0 Å². The van der Waals surface area contributed by atoms with Crippen molar-refractivity contribution in [1.82, 2.24) is 19.9 Å². The maximum Gasteiger partial charge on any atom is 0.278 e. The number of hydrogen-bond donors (Lipinski definition) is 2. The molecule has 0 aromatic carbocycles. The Morgan fingerprint density at radius 3 is 2.82 bits per heavy atom. The first-order chi connectivity index (χ1) is 10.6. The second kappa shape index (κ2) is 6.10. The maximum absolute atomic E-state index is 12.2. The SMILES string of the molecule is O=C(Nc1nccc(=O)[nH]1)c1nc(N2CCCC2)ncc1Cl. The van der Waals surface area contributed by atoms with Crippen LogP contribution in [0.4, 0.5) is 11.9 Å². The number of aromatic nitrogens is 4. The van der Waals surface area contributed by atoms with Gasteiger partial charge < -0.3 is 4.90 Å². The zero-order chi connectivity index (χ0) is 15.5. The highest BCUT2D eigenvalue weighted by Crippen LogP contribution is 2.20. The molecule has 0 saturated carbocycles. The maximum atomic E-state index is 12.2. The quantitative estimate of drug-likeness (QED) is 0.876. The molecule has 1 aliphatic rings. The number of rotatable bonds is 3. The first kappa shape index (κ1) is 14.5. The van der Waals surface area contributed by atoms with Crippen LogP contribution >= 0.6 is 11.6 Å². The van der Waals surface area contributed by atoms with Crippen LogP contribution in [0, 0.1) is 0 Å². The van der Waals surface area contributed by atoms with E-state index in [4.69, 9.17) is 11.6 Å². The van der Waals surface area contributed by atoms with Crippen LogP contribution in [0.5, 0.6) is 0 Å². The van der Waals surface area contributed by atoms with Gasteiger partial charge in [0.15, 0.2) is 5.69 Å². The first-order valence-electron chi connectivity index (χ1n) is 6.77. The lowest BCUT2D eigenvalue weighted by atomic mass is 10.4. The number of carbonyl (C=O) groups excluding carboxylic acids is 1. The molecule has 3 heterocycles. The molecule has 2 aromatic rings. The van der Waals surface area contributed by atoms with E-state index in [-0.39, 0.29) is 22.2 Å². The van der Waals surface area contributed by atoms with Gasteiger partial charge in [0, 0.05) is 25.4 Å². The number of carbonyl (C=O) groups is 1. The van der Waals surface area contributed by atoms with Crippen LogP contribution in [0.2, 0.25) is 5.02 Å². The van der Waals surface area contributed by atoms with Crippen molar-refractivity contribution in [2.24, 2.45) is 0 Å². The first-order valence-corrected chi connectivity index (χ1v) is 7.15. The monoisotopic (exact) mass is 320 g/mol. The average Bonchev–Trinajstić information content (AvgIpc) is 3.02. The Labute approximate surface area is 130 Å². The smallest absolute Gasteiger partial charge is 0.278 e. The highest BCUT2D eigenvalue weighted by atomic mass is 35.5. The van der Waals surface area contributed by atoms with Crippen LogP contribution in [0.3, 0.4) is 0 Å².